The second-order valence-corrected chi connectivity index (χ2v) is 9.80. The lowest BCUT2D eigenvalue weighted by Crippen LogP contribution is -2.47. The zero-order valence-electron chi connectivity index (χ0n) is 10.1. The van der Waals surface area contributed by atoms with Crippen LogP contribution in [0.15, 0.2) is 0 Å². The third kappa shape index (κ3) is 3.71. The summed E-state index contributed by atoms with van der Waals surface area (Å²) in [7, 11) is -1.05. The van der Waals surface area contributed by atoms with Crippen molar-refractivity contribution in [2.24, 2.45) is 0 Å². The number of nitrogens with one attached hydrogen (secondary N) is 1. The molecule has 84 valence electrons. The first kappa shape index (κ1) is 12.2. The van der Waals surface area contributed by atoms with E-state index in [0.717, 1.165) is 6.67 Å². The fraction of sp³-hybridized carbons (Fsp3) is 1.00. The monoisotopic (exact) mass is 214 g/mol. The molecule has 0 aromatic rings. The lowest BCUT2D eigenvalue weighted by Gasteiger charge is -2.32. The Labute approximate surface area is 90.2 Å². The predicted molar refractivity (Wildman–Crippen MR) is 66.0 cm³/mol. The largest absolute Gasteiger partial charge is 0.311 e. The van der Waals surface area contributed by atoms with Crippen LogP contribution in [0.1, 0.15) is 32.6 Å². The van der Waals surface area contributed by atoms with E-state index in [4.69, 9.17) is 0 Å². The van der Waals surface area contributed by atoms with Crippen LogP contribution in [-0.2, 0) is 0 Å². The van der Waals surface area contributed by atoms with Crippen molar-refractivity contribution in [2.75, 3.05) is 19.8 Å². The predicted octanol–water partition coefficient (Wildman–Crippen LogP) is 2.63. The molecule has 0 aromatic carbocycles. The molecule has 0 radical (unpaired) electrons. The summed E-state index contributed by atoms with van der Waals surface area (Å²) in [6.45, 7) is 11.0. The summed E-state index contributed by atoms with van der Waals surface area (Å²) in [6.07, 6.45) is 5.66. The van der Waals surface area contributed by atoms with Crippen molar-refractivity contribution in [3.63, 3.8) is 0 Å². The van der Waals surface area contributed by atoms with Crippen LogP contribution in [0.25, 0.3) is 0 Å². The first-order valence-electron chi connectivity index (χ1n) is 6.12. The molecule has 1 rings (SSSR count). The van der Waals surface area contributed by atoms with Crippen molar-refractivity contribution in [3.8, 4) is 0 Å². The van der Waals surface area contributed by atoms with Crippen LogP contribution in [0.5, 0.6) is 0 Å². The van der Waals surface area contributed by atoms with Crippen molar-refractivity contribution >= 4 is 8.24 Å². The van der Waals surface area contributed by atoms with E-state index in [1.54, 1.807) is 0 Å². The zero-order chi connectivity index (χ0) is 10.4. The summed E-state index contributed by atoms with van der Waals surface area (Å²) in [5.41, 5.74) is 0. The minimum absolute atomic E-state index is 1.05. The molecular formula is C11H26N2Si. The number of hydrogen-bond acceptors (Lipinski definition) is 2. The Hall–Kier alpha value is 0.137. The lowest BCUT2D eigenvalue weighted by molar-refractivity contribution is 0.505. The van der Waals surface area contributed by atoms with Crippen molar-refractivity contribution < 1.29 is 0 Å². The summed E-state index contributed by atoms with van der Waals surface area (Å²) in [6, 6.07) is 1.48. The molecule has 0 amide bonds. The second-order valence-electron chi connectivity index (χ2n) is 5.04. The maximum atomic E-state index is 3.44. The molecule has 1 aliphatic rings. The third-order valence-electron chi connectivity index (χ3n) is 3.36. The molecule has 1 saturated heterocycles. The molecule has 1 fully saturated rings. The Balaban J connectivity index is 2.19. The van der Waals surface area contributed by atoms with E-state index in [1.165, 1.54) is 44.8 Å². The van der Waals surface area contributed by atoms with Gasteiger partial charge in [0.15, 0.2) is 0 Å². The maximum Gasteiger partial charge on any atom is 0.123 e. The van der Waals surface area contributed by atoms with Crippen LogP contribution in [0, 0.1) is 0 Å². The first-order valence-corrected chi connectivity index (χ1v) is 9.28. The van der Waals surface area contributed by atoms with E-state index < -0.39 is 8.24 Å². The molecule has 0 spiro atoms. The van der Waals surface area contributed by atoms with Gasteiger partial charge in [-0.3, -0.25) is 0 Å². The first-order chi connectivity index (χ1) is 6.67. The lowest BCUT2D eigenvalue weighted by atomic mass is 10.2. The summed E-state index contributed by atoms with van der Waals surface area (Å²) >= 11 is 0. The van der Waals surface area contributed by atoms with Crippen LogP contribution >= 0.6 is 0 Å². The summed E-state index contributed by atoms with van der Waals surface area (Å²) in [5.74, 6) is 0. The van der Waals surface area contributed by atoms with Gasteiger partial charge < -0.3 is 9.88 Å². The highest BCUT2D eigenvalue weighted by Gasteiger charge is 2.30. The number of nitrogens with zero attached hydrogens (tertiary/aromatic N) is 1. The normalized spacial score (nSPS) is 19.1. The Morgan fingerprint density at radius 3 is 2.57 bits per heavy atom. The summed E-state index contributed by atoms with van der Waals surface area (Å²) in [5, 5.41) is 3.44. The van der Waals surface area contributed by atoms with Gasteiger partial charge in [-0.25, -0.2) is 0 Å². The Morgan fingerprint density at radius 1 is 1.21 bits per heavy atom. The molecule has 0 aromatic heterocycles. The molecule has 1 heterocycles. The number of hydrogen-bond donors (Lipinski definition) is 1. The van der Waals surface area contributed by atoms with E-state index in [1.807, 2.05) is 0 Å². The smallest absolute Gasteiger partial charge is 0.123 e. The zero-order valence-corrected chi connectivity index (χ0v) is 11.1. The summed E-state index contributed by atoms with van der Waals surface area (Å²) in [4.78, 5) is 0. The molecule has 14 heavy (non-hydrogen) atoms. The van der Waals surface area contributed by atoms with Gasteiger partial charge in [-0.15, -0.1) is 0 Å². The average Bonchev–Trinajstić information content (AvgIpc) is 2.65. The third-order valence-corrected chi connectivity index (χ3v) is 7.03. The van der Waals surface area contributed by atoms with Gasteiger partial charge in [-0.05, 0) is 6.04 Å². The van der Waals surface area contributed by atoms with E-state index in [9.17, 15) is 0 Å². The minimum atomic E-state index is -1.05. The number of rotatable bonds is 6. The maximum absolute atomic E-state index is 3.44. The van der Waals surface area contributed by atoms with Crippen molar-refractivity contribution in [1.82, 2.24) is 9.88 Å². The Morgan fingerprint density at radius 2 is 2.00 bits per heavy atom. The highest BCUT2D eigenvalue weighted by molar-refractivity contribution is 6.74. The molecule has 1 N–H and O–H groups in total. The van der Waals surface area contributed by atoms with Crippen LogP contribution < -0.4 is 5.32 Å². The van der Waals surface area contributed by atoms with Gasteiger partial charge >= 0.3 is 0 Å². The standard InChI is InChI=1S/C11H26N2Si/c1-4-5-6-7-10-14(2,3)13-9-8-12-11-13/h12H,4-11H2,1-3H3. The average molecular weight is 214 g/mol. The molecule has 0 atom stereocenters. The minimum Gasteiger partial charge on any atom is -0.311 e. The summed E-state index contributed by atoms with van der Waals surface area (Å²) < 4.78 is 2.71. The highest BCUT2D eigenvalue weighted by Crippen LogP contribution is 2.20. The van der Waals surface area contributed by atoms with Crippen LogP contribution in [0.2, 0.25) is 19.1 Å². The van der Waals surface area contributed by atoms with Gasteiger partial charge in [-0.1, -0.05) is 45.7 Å². The van der Waals surface area contributed by atoms with Crippen LogP contribution in [0.3, 0.4) is 0 Å². The SMILES string of the molecule is CCCCCC[Si](C)(C)N1CCNC1. The van der Waals surface area contributed by atoms with Crippen molar-refractivity contribution in [1.29, 1.82) is 0 Å². The highest BCUT2D eigenvalue weighted by atomic mass is 28.3. The van der Waals surface area contributed by atoms with E-state index in [2.05, 4.69) is 29.9 Å². The van der Waals surface area contributed by atoms with Crippen molar-refractivity contribution in [3.05, 3.63) is 0 Å². The second kappa shape index (κ2) is 5.88. The Kier molecular flexibility index (Phi) is 5.13. The molecular weight excluding hydrogens is 188 g/mol. The quantitative estimate of drug-likeness (QED) is 0.540. The van der Waals surface area contributed by atoms with Gasteiger partial charge in [0.2, 0.25) is 0 Å². The Bertz CT molecular complexity index is 153. The molecule has 1 aliphatic heterocycles. The van der Waals surface area contributed by atoms with Gasteiger partial charge in [0.25, 0.3) is 0 Å². The van der Waals surface area contributed by atoms with Crippen molar-refractivity contribution in [2.45, 2.75) is 51.7 Å². The fourth-order valence-corrected chi connectivity index (χ4v) is 4.85. The fourth-order valence-electron chi connectivity index (χ4n) is 2.17. The number of unbranched alkanes of at least 4 members (excludes halogenated alkanes) is 3. The van der Waals surface area contributed by atoms with Crippen LogP contribution in [-0.4, -0.2) is 32.6 Å². The molecule has 3 heteroatoms. The van der Waals surface area contributed by atoms with Gasteiger partial charge in [0.1, 0.15) is 8.24 Å². The van der Waals surface area contributed by atoms with E-state index in [-0.39, 0.29) is 0 Å². The molecule has 0 saturated carbocycles. The molecule has 0 unspecified atom stereocenters. The molecule has 0 bridgehead atoms. The van der Waals surface area contributed by atoms with Gasteiger partial charge in [-0.2, -0.15) is 0 Å². The molecule has 0 aliphatic carbocycles. The topological polar surface area (TPSA) is 15.3 Å². The van der Waals surface area contributed by atoms with E-state index >= 15 is 0 Å². The van der Waals surface area contributed by atoms with Gasteiger partial charge in [0.05, 0.1) is 0 Å². The van der Waals surface area contributed by atoms with Crippen LogP contribution in [0.4, 0.5) is 0 Å². The van der Waals surface area contributed by atoms with Gasteiger partial charge in [0, 0.05) is 19.8 Å². The van der Waals surface area contributed by atoms with E-state index in [0.29, 0.717) is 0 Å². The molecule has 2 nitrogen and oxygen atoms in total.